The molecule has 0 aromatic heterocycles. The minimum absolute atomic E-state index is 0.833. The van der Waals surface area contributed by atoms with Crippen molar-refractivity contribution >= 4 is 5.97 Å². The highest BCUT2D eigenvalue weighted by Gasteiger charge is 1.71. The first-order chi connectivity index (χ1) is 4.65. The summed E-state index contributed by atoms with van der Waals surface area (Å²) in [4.78, 5) is 9.00. The number of carboxylic acids is 1. The van der Waals surface area contributed by atoms with E-state index in [0.717, 1.165) is 20.0 Å². The predicted octanol–water partition coefficient (Wildman–Crippen LogP) is 1.10. The molecule has 0 radical (unpaired) electrons. The maximum Gasteiger partial charge on any atom is 0.300 e. The lowest BCUT2D eigenvalue weighted by molar-refractivity contribution is -0.134. The normalized spacial score (nSPS) is 7.90. The SMILES string of the molecule is CC(=O)O.CCCNCC. The second-order valence-corrected chi connectivity index (χ2v) is 1.87. The highest BCUT2D eigenvalue weighted by Crippen LogP contribution is 1.65. The average Bonchev–Trinajstić information content (AvgIpc) is 1.82. The smallest absolute Gasteiger partial charge is 0.300 e. The molecule has 0 aliphatic carbocycles. The van der Waals surface area contributed by atoms with E-state index >= 15 is 0 Å². The van der Waals surface area contributed by atoms with Crippen LogP contribution in [0, 0.1) is 0 Å². The summed E-state index contributed by atoms with van der Waals surface area (Å²) in [6.07, 6.45) is 1.24. The van der Waals surface area contributed by atoms with Gasteiger partial charge in [0.05, 0.1) is 0 Å². The Hall–Kier alpha value is -0.570. The van der Waals surface area contributed by atoms with E-state index in [1.54, 1.807) is 0 Å². The van der Waals surface area contributed by atoms with Crippen molar-refractivity contribution in [1.82, 2.24) is 5.32 Å². The maximum absolute atomic E-state index is 9.00. The third-order valence-electron chi connectivity index (χ3n) is 0.677. The Morgan fingerprint density at radius 1 is 1.50 bits per heavy atom. The Labute approximate surface area is 62.4 Å². The first-order valence-corrected chi connectivity index (χ1v) is 3.55. The molecule has 0 saturated heterocycles. The van der Waals surface area contributed by atoms with Crippen molar-refractivity contribution in [3.8, 4) is 0 Å². The fourth-order valence-electron chi connectivity index (χ4n) is 0.354. The Morgan fingerprint density at radius 2 is 1.90 bits per heavy atom. The molecule has 0 bridgehead atoms. The number of nitrogens with one attached hydrogen (secondary N) is 1. The van der Waals surface area contributed by atoms with Crippen molar-refractivity contribution in [2.45, 2.75) is 27.2 Å². The molecular formula is C7H17NO2. The molecule has 0 atom stereocenters. The maximum atomic E-state index is 9.00. The van der Waals surface area contributed by atoms with Gasteiger partial charge in [-0.15, -0.1) is 0 Å². The summed E-state index contributed by atoms with van der Waals surface area (Å²) >= 11 is 0. The molecule has 0 fully saturated rings. The van der Waals surface area contributed by atoms with Gasteiger partial charge in [-0.1, -0.05) is 13.8 Å². The minimum Gasteiger partial charge on any atom is -0.481 e. The Bertz CT molecular complexity index is 66.0. The molecule has 2 N–H and O–H groups in total. The molecule has 0 amide bonds. The van der Waals surface area contributed by atoms with Gasteiger partial charge in [0.25, 0.3) is 5.97 Å². The number of rotatable bonds is 3. The standard InChI is InChI=1S/C5H13N.C2H4O2/c1-3-5-6-4-2;1-2(3)4/h6H,3-5H2,1-2H3;1H3,(H,3,4). The van der Waals surface area contributed by atoms with Gasteiger partial charge in [0.2, 0.25) is 0 Å². The third kappa shape index (κ3) is 52.0. The number of aliphatic carboxylic acids is 1. The average molecular weight is 147 g/mol. The predicted molar refractivity (Wildman–Crippen MR) is 42.1 cm³/mol. The van der Waals surface area contributed by atoms with E-state index in [1.807, 2.05) is 0 Å². The van der Waals surface area contributed by atoms with Gasteiger partial charge < -0.3 is 10.4 Å². The molecule has 3 heteroatoms. The first kappa shape index (κ1) is 12.1. The van der Waals surface area contributed by atoms with Gasteiger partial charge in [0.1, 0.15) is 0 Å². The molecule has 0 heterocycles. The lowest BCUT2D eigenvalue weighted by atomic mass is 10.5. The fourth-order valence-corrected chi connectivity index (χ4v) is 0.354. The van der Waals surface area contributed by atoms with Crippen LogP contribution in [0.4, 0.5) is 0 Å². The second kappa shape index (κ2) is 11.3. The summed E-state index contributed by atoms with van der Waals surface area (Å²) in [5.74, 6) is -0.833. The highest BCUT2D eigenvalue weighted by molar-refractivity contribution is 5.62. The van der Waals surface area contributed by atoms with E-state index in [-0.39, 0.29) is 0 Å². The second-order valence-electron chi connectivity index (χ2n) is 1.87. The Kier molecular flexibility index (Phi) is 13.7. The van der Waals surface area contributed by atoms with Gasteiger partial charge in [0.15, 0.2) is 0 Å². The van der Waals surface area contributed by atoms with E-state index in [9.17, 15) is 0 Å². The summed E-state index contributed by atoms with van der Waals surface area (Å²) in [5.41, 5.74) is 0. The molecule has 0 aromatic rings. The van der Waals surface area contributed by atoms with E-state index < -0.39 is 5.97 Å². The molecule has 3 nitrogen and oxygen atoms in total. The van der Waals surface area contributed by atoms with Crippen LogP contribution in [0.2, 0.25) is 0 Å². The van der Waals surface area contributed by atoms with Crippen molar-refractivity contribution in [2.75, 3.05) is 13.1 Å². The summed E-state index contributed by atoms with van der Waals surface area (Å²) in [6, 6.07) is 0. The molecular weight excluding hydrogens is 130 g/mol. The molecule has 62 valence electrons. The zero-order valence-electron chi connectivity index (χ0n) is 6.98. The van der Waals surface area contributed by atoms with E-state index in [4.69, 9.17) is 9.90 Å². The third-order valence-corrected chi connectivity index (χ3v) is 0.677. The van der Waals surface area contributed by atoms with Crippen LogP contribution in [-0.4, -0.2) is 24.2 Å². The molecule has 0 saturated carbocycles. The van der Waals surface area contributed by atoms with E-state index in [1.165, 1.54) is 6.42 Å². The largest absolute Gasteiger partial charge is 0.481 e. The number of hydrogen-bond acceptors (Lipinski definition) is 2. The van der Waals surface area contributed by atoms with Gasteiger partial charge in [-0.05, 0) is 19.5 Å². The van der Waals surface area contributed by atoms with Crippen LogP contribution in [0.15, 0.2) is 0 Å². The molecule has 0 unspecified atom stereocenters. The van der Waals surface area contributed by atoms with Gasteiger partial charge in [-0.25, -0.2) is 0 Å². The summed E-state index contributed by atoms with van der Waals surface area (Å²) in [6.45, 7) is 7.64. The zero-order valence-corrected chi connectivity index (χ0v) is 6.98. The zero-order chi connectivity index (χ0) is 8.41. The quantitative estimate of drug-likeness (QED) is 0.588. The molecule has 0 aromatic carbocycles. The summed E-state index contributed by atoms with van der Waals surface area (Å²) in [5, 5.41) is 10.6. The molecule has 0 rings (SSSR count). The van der Waals surface area contributed by atoms with Crippen LogP contribution in [0.25, 0.3) is 0 Å². The van der Waals surface area contributed by atoms with E-state index in [2.05, 4.69) is 19.2 Å². The Morgan fingerprint density at radius 3 is 2.00 bits per heavy atom. The van der Waals surface area contributed by atoms with Crippen molar-refractivity contribution in [3.05, 3.63) is 0 Å². The molecule has 0 spiro atoms. The van der Waals surface area contributed by atoms with Gasteiger partial charge >= 0.3 is 0 Å². The summed E-state index contributed by atoms with van der Waals surface area (Å²) in [7, 11) is 0. The fraction of sp³-hybridized carbons (Fsp3) is 0.857. The Balaban J connectivity index is 0. The van der Waals surface area contributed by atoms with Crippen molar-refractivity contribution in [3.63, 3.8) is 0 Å². The van der Waals surface area contributed by atoms with E-state index in [0.29, 0.717) is 0 Å². The van der Waals surface area contributed by atoms with Crippen LogP contribution in [0.3, 0.4) is 0 Å². The lowest BCUT2D eigenvalue weighted by Gasteiger charge is -1.91. The monoisotopic (exact) mass is 147 g/mol. The van der Waals surface area contributed by atoms with Crippen molar-refractivity contribution in [1.29, 1.82) is 0 Å². The molecule has 10 heavy (non-hydrogen) atoms. The van der Waals surface area contributed by atoms with Crippen LogP contribution < -0.4 is 5.32 Å². The molecule has 0 aliphatic heterocycles. The van der Waals surface area contributed by atoms with Crippen LogP contribution in [0.1, 0.15) is 27.2 Å². The first-order valence-electron chi connectivity index (χ1n) is 3.55. The number of carbonyl (C=O) groups is 1. The van der Waals surface area contributed by atoms with Gasteiger partial charge in [-0.2, -0.15) is 0 Å². The number of hydrogen-bond donors (Lipinski definition) is 2. The van der Waals surface area contributed by atoms with Crippen molar-refractivity contribution < 1.29 is 9.90 Å². The molecule has 0 aliphatic rings. The minimum atomic E-state index is -0.833. The number of carboxylic acid groups (broad SMARTS) is 1. The topological polar surface area (TPSA) is 49.3 Å². The van der Waals surface area contributed by atoms with Crippen molar-refractivity contribution in [2.24, 2.45) is 0 Å². The van der Waals surface area contributed by atoms with Gasteiger partial charge in [0, 0.05) is 6.92 Å². The highest BCUT2D eigenvalue weighted by atomic mass is 16.4. The lowest BCUT2D eigenvalue weighted by Crippen LogP contribution is -2.12. The van der Waals surface area contributed by atoms with Crippen LogP contribution in [-0.2, 0) is 4.79 Å². The summed E-state index contributed by atoms with van der Waals surface area (Å²) < 4.78 is 0. The van der Waals surface area contributed by atoms with Gasteiger partial charge in [-0.3, -0.25) is 4.79 Å². The van der Waals surface area contributed by atoms with Crippen LogP contribution in [0.5, 0.6) is 0 Å². The van der Waals surface area contributed by atoms with Crippen LogP contribution >= 0.6 is 0 Å².